The minimum atomic E-state index is -2.24. The number of fused-ring (bicyclic) bond motifs is 4. The van der Waals surface area contributed by atoms with Crippen LogP contribution in [0.4, 0.5) is 17.1 Å². The number of hydrogen-bond donors (Lipinski definition) is 0. The van der Waals surface area contributed by atoms with E-state index in [1.807, 2.05) is 65.7 Å². The summed E-state index contributed by atoms with van der Waals surface area (Å²) in [5, 5.41) is 2.30. The van der Waals surface area contributed by atoms with Gasteiger partial charge in [-0.1, -0.05) is 57.2 Å². The predicted molar refractivity (Wildman–Crippen MR) is 170 cm³/mol. The van der Waals surface area contributed by atoms with Gasteiger partial charge in [-0.3, -0.25) is 4.57 Å². The molecule has 0 saturated carbocycles. The third-order valence-corrected chi connectivity index (χ3v) is 7.98. The van der Waals surface area contributed by atoms with Gasteiger partial charge in [0.15, 0.2) is 0 Å². The Kier molecular flexibility index (Phi) is 5.05. The van der Waals surface area contributed by atoms with Crippen LogP contribution in [0.25, 0.3) is 27.6 Å². The van der Waals surface area contributed by atoms with E-state index in [-0.39, 0.29) is 12.1 Å². The van der Waals surface area contributed by atoms with Crippen molar-refractivity contribution in [3.63, 3.8) is 0 Å². The van der Waals surface area contributed by atoms with Gasteiger partial charge in [-0.2, -0.15) is 0 Å². The summed E-state index contributed by atoms with van der Waals surface area (Å²) in [6.45, 7) is 6.71. The fourth-order valence-electron chi connectivity index (χ4n) is 5.84. The van der Waals surface area contributed by atoms with Gasteiger partial charge in [0.25, 0.3) is 0 Å². The number of ether oxygens (including phenoxy) is 1. The average Bonchev–Trinajstić information content (AvgIpc) is 3.56. The molecule has 204 valence electrons. The molecule has 6 aromatic rings. The Morgan fingerprint density at radius 2 is 1.63 bits per heavy atom. The summed E-state index contributed by atoms with van der Waals surface area (Å²) in [5.41, 5.74) is 6.77. The van der Waals surface area contributed by atoms with Gasteiger partial charge in [0, 0.05) is 45.4 Å². The highest BCUT2D eigenvalue weighted by molar-refractivity contribution is 6.10. The highest BCUT2D eigenvalue weighted by Gasteiger charge is 2.24. The topological polar surface area (TPSA) is 33.5 Å². The lowest BCUT2D eigenvalue weighted by Crippen LogP contribution is -2.23. The molecule has 0 fully saturated rings. The molecule has 0 unspecified atom stereocenters. The van der Waals surface area contributed by atoms with Crippen LogP contribution in [0.2, 0.25) is 0 Å². The average molecular weight is 542 g/mol. The fourth-order valence-corrected chi connectivity index (χ4v) is 5.84. The Bertz CT molecular complexity index is 2040. The number of nitrogens with zero attached hydrogens (tertiary/aromatic N) is 4. The molecule has 4 aromatic carbocycles. The molecule has 0 atom stereocenters. The van der Waals surface area contributed by atoms with Gasteiger partial charge in [0.2, 0.25) is 0 Å². The van der Waals surface area contributed by atoms with Crippen LogP contribution < -0.4 is 14.5 Å². The van der Waals surface area contributed by atoms with E-state index in [1.165, 1.54) is 10.5 Å². The molecule has 0 saturated heterocycles. The maximum atomic E-state index is 8.06. The Balaban J connectivity index is 1.31. The summed E-state index contributed by atoms with van der Waals surface area (Å²) < 4.78 is 33.0. The standard InChI is InChI=1S/C36H34N4O/c1-24-33(41-27-12-10-11-26(22-27)39-23-38(5)31-15-8-9-16-32(31)39)18-17-29-28-13-6-7-14-30(28)40(35(24)29)34-21-25(19-20-37-34)36(2,3)4/h6-22H,23H2,1-5H3/i5D3. The molecule has 7 rings (SSSR count). The maximum Gasteiger partial charge on any atom is 0.137 e. The maximum absolute atomic E-state index is 8.06. The van der Waals surface area contributed by atoms with Gasteiger partial charge < -0.3 is 14.5 Å². The van der Waals surface area contributed by atoms with E-state index < -0.39 is 6.98 Å². The Morgan fingerprint density at radius 1 is 0.829 bits per heavy atom. The van der Waals surface area contributed by atoms with Gasteiger partial charge in [-0.05, 0) is 72.5 Å². The first-order valence-corrected chi connectivity index (χ1v) is 13.9. The quantitative estimate of drug-likeness (QED) is 0.223. The van der Waals surface area contributed by atoms with E-state index >= 15 is 0 Å². The number of anilines is 3. The molecule has 1 aliphatic heterocycles. The third kappa shape index (κ3) is 4.20. The largest absolute Gasteiger partial charge is 0.457 e. The Hall–Kier alpha value is -4.77. The molecule has 0 spiro atoms. The summed E-state index contributed by atoms with van der Waals surface area (Å²) >= 11 is 0. The van der Waals surface area contributed by atoms with Crippen molar-refractivity contribution < 1.29 is 8.85 Å². The lowest BCUT2D eigenvalue weighted by Gasteiger charge is -2.21. The number of aromatic nitrogens is 2. The molecule has 0 amide bonds. The number of hydrogen-bond acceptors (Lipinski definition) is 4. The van der Waals surface area contributed by atoms with Gasteiger partial charge in [0.1, 0.15) is 17.3 Å². The van der Waals surface area contributed by atoms with Crippen LogP contribution in [-0.4, -0.2) is 23.2 Å². The van der Waals surface area contributed by atoms with Gasteiger partial charge in [0.05, 0.1) is 29.1 Å². The van der Waals surface area contributed by atoms with Crippen molar-refractivity contribution in [3.05, 3.63) is 114 Å². The highest BCUT2D eigenvalue weighted by Crippen LogP contribution is 2.42. The molecular formula is C36H34N4O. The summed E-state index contributed by atoms with van der Waals surface area (Å²) in [7, 11) is 0. The van der Waals surface area contributed by atoms with Crippen LogP contribution in [0.15, 0.2) is 103 Å². The van der Waals surface area contributed by atoms with Crippen molar-refractivity contribution in [2.75, 3.05) is 23.4 Å². The first kappa shape index (κ1) is 22.0. The van der Waals surface area contributed by atoms with Crippen LogP contribution in [0.5, 0.6) is 11.5 Å². The molecular weight excluding hydrogens is 504 g/mol. The third-order valence-electron chi connectivity index (χ3n) is 7.98. The summed E-state index contributed by atoms with van der Waals surface area (Å²) in [4.78, 5) is 8.28. The Morgan fingerprint density at radius 3 is 2.46 bits per heavy atom. The van der Waals surface area contributed by atoms with E-state index in [0.29, 0.717) is 11.4 Å². The lowest BCUT2D eigenvalue weighted by atomic mass is 9.88. The first-order chi connectivity index (χ1) is 21.0. The van der Waals surface area contributed by atoms with Crippen LogP contribution >= 0.6 is 0 Å². The molecule has 5 heteroatoms. The van der Waals surface area contributed by atoms with Crippen molar-refractivity contribution in [1.82, 2.24) is 9.55 Å². The first-order valence-electron chi connectivity index (χ1n) is 15.4. The van der Waals surface area contributed by atoms with Crippen molar-refractivity contribution in [1.29, 1.82) is 0 Å². The number of pyridine rings is 1. The van der Waals surface area contributed by atoms with Crippen molar-refractivity contribution in [2.24, 2.45) is 0 Å². The van der Waals surface area contributed by atoms with Crippen molar-refractivity contribution in [3.8, 4) is 17.3 Å². The van der Waals surface area contributed by atoms with Gasteiger partial charge in [-0.15, -0.1) is 0 Å². The molecule has 0 radical (unpaired) electrons. The molecule has 0 bridgehead atoms. The van der Waals surface area contributed by atoms with Crippen LogP contribution in [0, 0.1) is 6.92 Å². The summed E-state index contributed by atoms with van der Waals surface area (Å²) in [6, 6.07) is 32.3. The fraction of sp³-hybridized carbons (Fsp3) is 0.194. The lowest BCUT2D eigenvalue weighted by molar-refractivity contribution is 0.480. The van der Waals surface area contributed by atoms with E-state index in [1.54, 1.807) is 0 Å². The summed E-state index contributed by atoms with van der Waals surface area (Å²) in [6.07, 6.45) is 1.89. The minimum absolute atomic E-state index is 0.0127. The molecule has 1 aliphatic rings. The van der Waals surface area contributed by atoms with Crippen LogP contribution in [0.3, 0.4) is 0 Å². The minimum Gasteiger partial charge on any atom is -0.457 e. The zero-order valence-electron chi connectivity index (χ0n) is 26.7. The monoisotopic (exact) mass is 541 g/mol. The number of aryl methyl sites for hydroxylation is 1. The van der Waals surface area contributed by atoms with Gasteiger partial charge >= 0.3 is 0 Å². The van der Waals surface area contributed by atoms with Crippen molar-refractivity contribution >= 4 is 38.9 Å². The van der Waals surface area contributed by atoms with E-state index in [2.05, 4.69) is 74.7 Å². The second-order valence-electron chi connectivity index (χ2n) is 11.7. The van der Waals surface area contributed by atoms with Crippen LogP contribution in [-0.2, 0) is 5.41 Å². The number of para-hydroxylation sites is 3. The highest BCUT2D eigenvalue weighted by atomic mass is 16.5. The molecule has 5 nitrogen and oxygen atoms in total. The SMILES string of the molecule is [2H]C([2H])([2H])N1CN(c2cccc(Oc3ccc4c5ccccc5n(-c5cc(C(C)(C)C)ccn5)c4c3C)c2)c2ccccc21. The molecule has 41 heavy (non-hydrogen) atoms. The normalized spacial score (nSPS) is 14.7. The van der Waals surface area contributed by atoms with E-state index in [4.69, 9.17) is 13.8 Å². The number of rotatable bonds is 4. The summed E-state index contributed by atoms with van der Waals surface area (Å²) in [5.74, 6) is 2.29. The molecule has 2 aromatic heterocycles. The molecule has 0 N–H and O–H groups in total. The van der Waals surface area contributed by atoms with E-state index in [9.17, 15) is 0 Å². The van der Waals surface area contributed by atoms with Crippen LogP contribution in [0.1, 0.15) is 36.0 Å². The predicted octanol–water partition coefficient (Wildman–Crippen LogP) is 9.12. The molecule has 3 heterocycles. The number of benzene rings is 4. The second kappa shape index (κ2) is 9.41. The Labute approximate surface area is 245 Å². The second-order valence-corrected chi connectivity index (χ2v) is 11.7. The van der Waals surface area contributed by atoms with Crippen molar-refractivity contribution in [2.45, 2.75) is 33.1 Å². The smallest absolute Gasteiger partial charge is 0.137 e. The van der Waals surface area contributed by atoms with E-state index in [0.717, 1.165) is 50.3 Å². The zero-order valence-corrected chi connectivity index (χ0v) is 23.7. The zero-order chi connectivity index (χ0) is 30.8. The molecule has 0 aliphatic carbocycles. The van der Waals surface area contributed by atoms with Gasteiger partial charge in [-0.25, -0.2) is 4.98 Å².